The molecule has 0 bridgehead atoms. The normalized spacial score (nSPS) is 12.9. The summed E-state index contributed by atoms with van der Waals surface area (Å²) in [6.45, 7) is 0.136. The van der Waals surface area contributed by atoms with E-state index in [0.717, 1.165) is 6.07 Å². The summed E-state index contributed by atoms with van der Waals surface area (Å²) in [7, 11) is 0. The maximum atomic E-state index is 13.1. The van der Waals surface area contributed by atoms with Crippen molar-refractivity contribution in [1.82, 2.24) is 0 Å². The van der Waals surface area contributed by atoms with Gasteiger partial charge in [-0.2, -0.15) is 0 Å². The maximum Gasteiger partial charge on any atom is 0.162 e. The number of hydrogen-bond acceptors (Lipinski definition) is 2. The zero-order valence-corrected chi connectivity index (χ0v) is 7.71. The van der Waals surface area contributed by atoms with Crippen molar-refractivity contribution in [1.29, 1.82) is 0 Å². The Labute approximate surface area is 81.4 Å². The fourth-order valence-corrected chi connectivity index (χ4v) is 1.18. The summed E-state index contributed by atoms with van der Waals surface area (Å²) in [6, 6.07) is 4.02. The van der Waals surface area contributed by atoms with Gasteiger partial charge in [-0.05, 0) is 24.5 Å². The fourth-order valence-electron chi connectivity index (χ4n) is 1.18. The predicted molar refractivity (Wildman–Crippen MR) is 49.7 cm³/mol. The van der Waals surface area contributed by atoms with Gasteiger partial charge in [-0.3, -0.25) is 0 Å². The number of hydrogen-bond donors (Lipinski definition) is 2. The Morgan fingerprint density at radius 2 is 2.07 bits per heavy atom. The van der Waals surface area contributed by atoms with Crippen LogP contribution in [0.2, 0.25) is 0 Å². The molecule has 1 rings (SSSR count). The number of aryl methyl sites for hydroxylation is 1. The van der Waals surface area contributed by atoms with E-state index in [-0.39, 0.29) is 12.1 Å². The third-order valence-electron chi connectivity index (χ3n) is 2.05. The molecule has 14 heavy (non-hydrogen) atoms. The van der Waals surface area contributed by atoms with Crippen molar-refractivity contribution >= 4 is 0 Å². The van der Waals surface area contributed by atoms with Crippen molar-refractivity contribution < 1.29 is 13.9 Å². The smallest absolute Gasteiger partial charge is 0.162 e. The molecule has 1 atom stereocenters. The Hall–Kier alpha value is -1.00. The van der Waals surface area contributed by atoms with E-state index in [4.69, 9.17) is 10.8 Å². The Kier molecular flexibility index (Phi) is 3.98. The van der Waals surface area contributed by atoms with Crippen LogP contribution in [0.4, 0.5) is 8.78 Å². The largest absolute Gasteiger partial charge is 0.392 e. The molecule has 0 amide bonds. The summed E-state index contributed by atoms with van der Waals surface area (Å²) < 4.78 is 25.8. The van der Waals surface area contributed by atoms with Crippen molar-refractivity contribution in [2.45, 2.75) is 18.9 Å². The molecule has 0 heterocycles. The Morgan fingerprint density at radius 3 is 2.71 bits per heavy atom. The SMILES string of the molecule is NCC(O)CCc1cccc(F)c1F. The molecule has 0 aliphatic rings. The Morgan fingerprint density at radius 1 is 1.36 bits per heavy atom. The van der Waals surface area contributed by atoms with Gasteiger partial charge in [-0.15, -0.1) is 0 Å². The molecule has 0 radical (unpaired) electrons. The van der Waals surface area contributed by atoms with Crippen LogP contribution in [0, 0.1) is 11.6 Å². The van der Waals surface area contributed by atoms with Gasteiger partial charge < -0.3 is 10.8 Å². The Balaban J connectivity index is 2.63. The van der Waals surface area contributed by atoms with E-state index in [9.17, 15) is 8.78 Å². The van der Waals surface area contributed by atoms with E-state index < -0.39 is 17.7 Å². The van der Waals surface area contributed by atoms with Crippen LogP contribution in [0.15, 0.2) is 18.2 Å². The monoisotopic (exact) mass is 201 g/mol. The van der Waals surface area contributed by atoms with Gasteiger partial charge in [0.25, 0.3) is 0 Å². The highest BCUT2D eigenvalue weighted by Gasteiger charge is 2.09. The number of halogens is 2. The van der Waals surface area contributed by atoms with E-state index in [1.807, 2.05) is 0 Å². The number of benzene rings is 1. The lowest BCUT2D eigenvalue weighted by Gasteiger charge is -2.07. The van der Waals surface area contributed by atoms with E-state index in [1.165, 1.54) is 12.1 Å². The molecule has 0 aliphatic heterocycles. The molecule has 0 aromatic heterocycles. The molecule has 3 N–H and O–H groups in total. The van der Waals surface area contributed by atoms with Crippen LogP contribution in [0.5, 0.6) is 0 Å². The molecule has 1 unspecified atom stereocenters. The molecule has 4 heteroatoms. The molecule has 0 fully saturated rings. The molecule has 2 nitrogen and oxygen atoms in total. The molecule has 1 aromatic rings. The minimum atomic E-state index is -0.857. The lowest BCUT2D eigenvalue weighted by Crippen LogP contribution is -2.20. The molecule has 78 valence electrons. The van der Waals surface area contributed by atoms with Crippen molar-refractivity contribution in [3.05, 3.63) is 35.4 Å². The quantitative estimate of drug-likeness (QED) is 0.769. The van der Waals surface area contributed by atoms with Crippen LogP contribution in [0.1, 0.15) is 12.0 Å². The third-order valence-corrected chi connectivity index (χ3v) is 2.05. The first-order valence-electron chi connectivity index (χ1n) is 4.46. The van der Waals surface area contributed by atoms with Gasteiger partial charge in [0.05, 0.1) is 6.10 Å². The maximum absolute atomic E-state index is 13.1. The second kappa shape index (κ2) is 5.02. The van der Waals surface area contributed by atoms with Crippen molar-refractivity contribution in [3.8, 4) is 0 Å². The summed E-state index contributed by atoms with van der Waals surface area (Å²) >= 11 is 0. The summed E-state index contributed by atoms with van der Waals surface area (Å²) in [5.41, 5.74) is 5.46. The van der Waals surface area contributed by atoms with Crippen molar-refractivity contribution in [2.75, 3.05) is 6.54 Å². The zero-order valence-electron chi connectivity index (χ0n) is 7.71. The first-order valence-corrected chi connectivity index (χ1v) is 4.46. The summed E-state index contributed by atoms with van der Waals surface area (Å²) in [5.74, 6) is -1.69. The molecular weight excluding hydrogens is 188 g/mol. The fraction of sp³-hybridized carbons (Fsp3) is 0.400. The summed E-state index contributed by atoms with van der Waals surface area (Å²) in [4.78, 5) is 0. The second-order valence-corrected chi connectivity index (χ2v) is 3.14. The third kappa shape index (κ3) is 2.75. The lowest BCUT2D eigenvalue weighted by molar-refractivity contribution is 0.172. The predicted octanol–water partition coefficient (Wildman–Crippen LogP) is 1.22. The average molecular weight is 201 g/mol. The number of aliphatic hydroxyl groups is 1. The number of aliphatic hydroxyl groups excluding tert-OH is 1. The first kappa shape index (κ1) is 11.1. The minimum Gasteiger partial charge on any atom is -0.392 e. The second-order valence-electron chi connectivity index (χ2n) is 3.14. The van der Waals surface area contributed by atoms with E-state index in [1.54, 1.807) is 0 Å². The first-order chi connectivity index (χ1) is 6.65. The standard InChI is InChI=1S/C10H13F2NO/c11-9-3-1-2-7(10(9)12)4-5-8(14)6-13/h1-3,8,14H,4-6,13H2. The topological polar surface area (TPSA) is 46.2 Å². The van der Waals surface area contributed by atoms with Gasteiger partial charge >= 0.3 is 0 Å². The van der Waals surface area contributed by atoms with Crippen LogP contribution < -0.4 is 5.73 Å². The van der Waals surface area contributed by atoms with Gasteiger partial charge in [0.15, 0.2) is 11.6 Å². The summed E-state index contributed by atoms with van der Waals surface area (Å²) in [6.07, 6.45) is -0.0172. The van der Waals surface area contributed by atoms with Crippen LogP contribution in [0.3, 0.4) is 0 Å². The summed E-state index contributed by atoms with van der Waals surface area (Å²) in [5, 5.41) is 9.14. The highest BCUT2D eigenvalue weighted by atomic mass is 19.2. The van der Waals surface area contributed by atoms with Gasteiger partial charge in [-0.25, -0.2) is 8.78 Å². The molecule has 0 aliphatic carbocycles. The van der Waals surface area contributed by atoms with E-state index >= 15 is 0 Å². The molecular formula is C10H13F2NO. The van der Waals surface area contributed by atoms with Gasteiger partial charge in [0.2, 0.25) is 0 Å². The van der Waals surface area contributed by atoms with Crippen LogP contribution >= 0.6 is 0 Å². The van der Waals surface area contributed by atoms with E-state index in [2.05, 4.69) is 0 Å². The minimum absolute atomic E-state index is 0.136. The van der Waals surface area contributed by atoms with Crippen LogP contribution in [-0.4, -0.2) is 17.8 Å². The Bertz CT molecular complexity index is 304. The average Bonchev–Trinajstić information content (AvgIpc) is 2.20. The zero-order chi connectivity index (χ0) is 10.6. The van der Waals surface area contributed by atoms with Crippen LogP contribution in [-0.2, 0) is 6.42 Å². The molecule has 0 spiro atoms. The van der Waals surface area contributed by atoms with E-state index in [0.29, 0.717) is 12.8 Å². The number of rotatable bonds is 4. The molecule has 0 saturated carbocycles. The molecule has 0 saturated heterocycles. The highest BCUT2D eigenvalue weighted by molar-refractivity contribution is 5.19. The number of nitrogens with two attached hydrogens (primary N) is 1. The lowest BCUT2D eigenvalue weighted by atomic mass is 10.1. The van der Waals surface area contributed by atoms with Gasteiger partial charge in [0.1, 0.15) is 0 Å². The van der Waals surface area contributed by atoms with Gasteiger partial charge in [0, 0.05) is 6.54 Å². The van der Waals surface area contributed by atoms with Gasteiger partial charge in [-0.1, -0.05) is 12.1 Å². The van der Waals surface area contributed by atoms with Crippen molar-refractivity contribution in [3.63, 3.8) is 0 Å². The van der Waals surface area contributed by atoms with Crippen molar-refractivity contribution in [2.24, 2.45) is 5.73 Å². The highest BCUT2D eigenvalue weighted by Crippen LogP contribution is 2.13. The molecule has 1 aromatic carbocycles. The van der Waals surface area contributed by atoms with Crippen LogP contribution in [0.25, 0.3) is 0 Å².